The Bertz CT molecular complexity index is 904. The second-order valence-corrected chi connectivity index (χ2v) is 8.47. The molecule has 0 radical (unpaired) electrons. The number of hydrogen-bond donors (Lipinski definition) is 2. The minimum Gasteiger partial charge on any atom is -0.467 e. The first-order valence-corrected chi connectivity index (χ1v) is 11.1. The Morgan fingerprint density at radius 3 is 1.94 bits per heavy atom. The Balaban J connectivity index is 2.12. The highest BCUT2D eigenvalue weighted by molar-refractivity contribution is 5.98. The molecule has 2 aromatic rings. The standard InChI is InChI=1S/C26H34N2O4/c1-6-7-22(26(31)32-5)27-25(30)23(16-17(2)3)28-24(29)21-14-12-20(13-15-21)19-10-8-18(4)9-11-19/h8-15,17,22-23H,6-7,16H2,1-5H3,(H,27,30)(H,28,29)/t22?,23-/m0/s1. The summed E-state index contributed by atoms with van der Waals surface area (Å²) in [6.07, 6.45) is 1.65. The SMILES string of the molecule is CCCC(NC(=O)[C@H](CC(C)C)NC(=O)c1ccc(-c2ccc(C)cc2)cc1)C(=O)OC. The van der Waals surface area contributed by atoms with E-state index in [-0.39, 0.29) is 17.7 Å². The molecule has 0 saturated heterocycles. The summed E-state index contributed by atoms with van der Waals surface area (Å²) in [6.45, 7) is 7.92. The van der Waals surface area contributed by atoms with E-state index in [1.807, 2.05) is 64.1 Å². The van der Waals surface area contributed by atoms with E-state index in [0.717, 1.165) is 11.1 Å². The van der Waals surface area contributed by atoms with E-state index in [2.05, 4.69) is 10.6 Å². The number of nitrogens with one attached hydrogen (secondary N) is 2. The maximum absolute atomic E-state index is 12.9. The Kier molecular flexibility index (Phi) is 9.44. The zero-order chi connectivity index (χ0) is 23.7. The maximum atomic E-state index is 12.9. The van der Waals surface area contributed by atoms with E-state index in [1.165, 1.54) is 12.7 Å². The predicted molar refractivity (Wildman–Crippen MR) is 126 cm³/mol. The van der Waals surface area contributed by atoms with Crippen molar-refractivity contribution >= 4 is 17.8 Å². The van der Waals surface area contributed by atoms with Gasteiger partial charge in [0, 0.05) is 5.56 Å². The molecule has 0 saturated carbocycles. The molecule has 6 heteroatoms. The number of esters is 1. The molecular formula is C26H34N2O4. The van der Waals surface area contributed by atoms with Crippen LogP contribution >= 0.6 is 0 Å². The first kappa shape index (κ1) is 25.1. The van der Waals surface area contributed by atoms with Crippen LogP contribution in [-0.2, 0) is 14.3 Å². The third-order valence-corrected chi connectivity index (χ3v) is 5.24. The molecule has 2 N–H and O–H groups in total. The van der Waals surface area contributed by atoms with Crippen molar-refractivity contribution in [2.45, 2.75) is 59.0 Å². The van der Waals surface area contributed by atoms with E-state index in [4.69, 9.17) is 4.74 Å². The molecule has 2 atom stereocenters. The number of carbonyl (C=O) groups is 3. The van der Waals surface area contributed by atoms with E-state index >= 15 is 0 Å². The zero-order valence-electron chi connectivity index (χ0n) is 19.6. The molecule has 0 bridgehead atoms. The van der Waals surface area contributed by atoms with Gasteiger partial charge in [-0.2, -0.15) is 0 Å². The minimum absolute atomic E-state index is 0.178. The predicted octanol–water partition coefficient (Wildman–Crippen LogP) is 4.26. The van der Waals surface area contributed by atoms with Crippen LogP contribution in [0.25, 0.3) is 11.1 Å². The van der Waals surface area contributed by atoms with Crippen LogP contribution in [0.2, 0.25) is 0 Å². The van der Waals surface area contributed by atoms with Crippen molar-refractivity contribution in [3.8, 4) is 11.1 Å². The number of methoxy groups -OCH3 is 1. The topological polar surface area (TPSA) is 84.5 Å². The van der Waals surface area contributed by atoms with Gasteiger partial charge in [-0.25, -0.2) is 4.79 Å². The minimum atomic E-state index is -0.747. The molecule has 0 spiro atoms. The largest absolute Gasteiger partial charge is 0.467 e. The molecule has 2 rings (SSSR count). The van der Waals surface area contributed by atoms with Crippen LogP contribution in [0.5, 0.6) is 0 Å². The van der Waals surface area contributed by atoms with Crippen molar-refractivity contribution in [2.75, 3.05) is 7.11 Å². The highest BCUT2D eigenvalue weighted by Crippen LogP contribution is 2.20. The Hall–Kier alpha value is -3.15. The normalized spacial score (nSPS) is 12.7. The van der Waals surface area contributed by atoms with Gasteiger partial charge in [0.1, 0.15) is 12.1 Å². The summed E-state index contributed by atoms with van der Waals surface area (Å²) in [5.74, 6) is -1.02. The summed E-state index contributed by atoms with van der Waals surface area (Å²) >= 11 is 0. The van der Waals surface area contributed by atoms with Gasteiger partial charge < -0.3 is 15.4 Å². The van der Waals surface area contributed by atoms with E-state index in [9.17, 15) is 14.4 Å². The van der Waals surface area contributed by atoms with Crippen molar-refractivity contribution in [2.24, 2.45) is 5.92 Å². The van der Waals surface area contributed by atoms with Gasteiger partial charge in [0.15, 0.2) is 0 Å². The van der Waals surface area contributed by atoms with Crippen LogP contribution in [-0.4, -0.2) is 37.0 Å². The Labute approximate surface area is 190 Å². The lowest BCUT2D eigenvalue weighted by atomic mass is 10.0. The molecule has 0 heterocycles. The Morgan fingerprint density at radius 2 is 1.44 bits per heavy atom. The number of amides is 2. The molecular weight excluding hydrogens is 404 g/mol. The highest BCUT2D eigenvalue weighted by atomic mass is 16.5. The maximum Gasteiger partial charge on any atom is 0.328 e. The van der Waals surface area contributed by atoms with Gasteiger partial charge in [-0.15, -0.1) is 0 Å². The van der Waals surface area contributed by atoms with Gasteiger partial charge in [0.25, 0.3) is 5.91 Å². The number of carbonyl (C=O) groups excluding carboxylic acids is 3. The average Bonchev–Trinajstić information content (AvgIpc) is 2.78. The first-order valence-electron chi connectivity index (χ1n) is 11.1. The summed E-state index contributed by atoms with van der Waals surface area (Å²) in [4.78, 5) is 37.7. The number of ether oxygens (including phenoxy) is 1. The molecule has 172 valence electrons. The quantitative estimate of drug-likeness (QED) is 0.543. The number of aryl methyl sites for hydroxylation is 1. The molecule has 0 aliphatic carbocycles. The lowest BCUT2D eigenvalue weighted by Gasteiger charge is -2.23. The van der Waals surface area contributed by atoms with E-state index in [0.29, 0.717) is 24.8 Å². The van der Waals surface area contributed by atoms with Crippen LogP contribution in [0, 0.1) is 12.8 Å². The van der Waals surface area contributed by atoms with Gasteiger partial charge in [0.2, 0.25) is 5.91 Å². The molecule has 0 aliphatic rings. The summed E-state index contributed by atoms with van der Waals surface area (Å²) in [5.41, 5.74) is 3.75. The third-order valence-electron chi connectivity index (χ3n) is 5.24. The summed E-state index contributed by atoms with van der Waals surface area (Å²) in [5, 5.41) is 5.57. The summed E-state index contributed by atoms with van der Waals surface area (Å²) < 4.78 is 4.79. The van der Waals surface area contributed by atoms with E-state index < -0.39 is 18.1 Å². The smallest absolute Gasteiger partial charge is 0.328 e. The molecule has 32 heavy (non-hydrogen) atoms. The van der Waals surface area contributed by atoms with Gasteiger partial charge in [0.05, 0.1) is 7.11 Å². The van der Waals surface area contributed by atoms with E-state index in [1.54, 1.807) is 12.1 Å². The zero-order valence-corrected chi connectivity index (χ0v) is 19.6. The molecule has 0 aliphatic heterocycles. The third kappa shape index (κ3) is 7.22. The second-order valence-electron chi connectivity index (χ2n) is 8.47. The fourth-order valence-corrected chi connectivity index (χ4v) is 3.46. The lowest BCUT2D eigenvalue weighted by Crippen LogP contribution is -2.52. The second kappa shape index (κ2) is 12.0. The fourth-order valence-electron chi connectivity index (χ4n) is 3.46. The number of rotatable bonds is 10. The van der Waals surface area contributed by atoms with Crippen molar-refractivity contribution in [1.82, 2.24) is 10.6 Å². The molecule has 0 fully saturated rings. The fraction of sp³-hybridized carbons (Fsp3) is 0.423. The molecule has 6 nitrogen and oxygen atoms in total. The first-order chi connectivity index (χ1) is 15.2. The molecule has 0 aromatic heterocycles. The van der Waals surface area contributed by atoms with Crippen molar-refractivity contribution in [1.29, 1.82) is 0 Å². The Morgan fingerprint density at radius 1 is 0.875 bits per heavy atom. The average molecular weight is 439 g/mol. The van der Waals surface area contributed by atoms with Crippen molar-refractivity contribution < 1.29 is 19.1 Å². The molecule has 2 amide bonds. The lowest BCUT2D eigenvalue weighted by molar-refractivity contribution is -0.145. The van der Waals surface area contributed by atoms with Crippen molar-refractivity contribution in [3.63, 3.8) is 0 Å². The highest BCUT2D eigenvalue weighted by Gasteiger charge is 2.27. The van der Waals surface area contributed by atoms with Gasteiger partial charge in [-0.3, -0.25) is 9.59 Å². The van der Waals surface area contributed by atoms with Crippen LogP contribution in [0.3, 0.4) is 0 Å². The molecule has 2 aromatic carbocycles. The summed E-state index contributed by atoms with van der Waals surface area (Å²) in [7, 11) is 1.30. The van der Waals surface area contributed by atoms with Crippen LogP contribution < -0.4 is 10.6 Å². The van der Waals surface area contributed by atoms with Crippen LogP contribution in [0.4, 0.5) is 0 Å². The van der Waals surface area contributed by atoms with Crippen LogP contribution in [0.1, 0.15) is 56.0 Å². The van der Waals surface area contributed by atoms with Gasteiger partial charge >= 0.3 is 5.97 Å². The molecule has 1 unspecified atom stereocenters. The van der Waals surface area contributed by atoms with Gasteiger partial charge in [-0.1, -0.05) is 69.2 Å². The van der Waals surface area contributed by atoms with Crippen molar-refractivity contribution in [3.05, 3.63) is 59.7 Å². The number of benzene rings is 2. The van der Waals surface area contributed by atoms with Crippen LogP contribution in [0.15, 0.2) is 48.5 Å². The van der Waals surface area contributed by atoms with Gasteiger partial charge in [-0.05, 0) is 48.9 Å². The summed E-state index contributed by atoms with van der Waals surface area (Å²) in [6, 6.07) is 14.0. The monoisotopic (exact) mass is 438 g/mol. The number of hydrogen-bond acceptors (Lipinski definition) is 4.